The lowest BCUT2D eigenvalue weighted by Crippen LogP contribution is -2.27. The molecule has 2 N–H and O–H groups in total. The first-order valence-corrected chi connectivity index (χ1v) is 5.20. The summed E-state index contributed by atoms with van der Waals surface area (Å²) in [6.45, 7) is 0. The van der Waals surface area contributed by atoms with E-state index in [-0.39, 0.29) is 0 Å². The molecule has 2 saturated carbocycles. The molecule has 0 aromatic rings. The maximum atomic E-state index is 10.9. The van der Waals surface area contributed by atoms with Crippen LogP contribution in [-0.2, 0) is 11.0 Å². The highest BCUT2D eigenvalue weighted by atomic mass is 32.2. The molecular formula is C7H13NOS. The fourth-order valence-corrected chi connectivity index (χ4v) is 3.56. The Morgan fingerprint density at radius 1 is 1.30 bits per heavy atom. The van der Waals surface area contributed by atoms with Gasteiger partial charge < -0.3 is 0 Å². The Morgan fingerprint density at radius 3 is 2.40 bits per heavy atom. The van der Waals surface area contributed by atoms with Gasteiger partial charge in [-0.3, -0.25) is 5.14 Å². The highest BCUT2D eigenvalue weighted by Crippen LogP contribution is 2.45. The Hall–Kier alpha value is 0.110. The molecule has 0 aromatic heterocycles. The first kappa shape index (κ1) is 6.80. The molecule has 0 amide bonds. The first-order chi connectivity index (χ1) is 4.77. The minimum Gasteiger partial charge on any atom is -0.252 e. The molecule has 2 rings (SSSR count). The molecule has 2 fully saturated rings. The monoisotopic (exact) mass is 159 g/mol. The molecule has 0 spiro atoms. The highest BCUT2D eigenvalue weighted by molar-refractivity contribution is 7.83. The molecule has 0 aromatic carbocycles. The van der Waals surface area contributed by atoms with Crippen molar-refractivity contribution in [2.24, 2.45) is 17.0 Å². The standard InChI is InChI=1S/C7H13NOS/c8-10(9)7-4-5-1-2-6(7)3-5/h5-7H,1-4,8H2. The van der Waals surface area contributed by atoms with Crippen molar-refractivity contribution in [1.29, 1.82) is 0 Å². The second kappa shape index (κ2) is 2.31. The van der Waals surface area contributed by atoms with Crippen molar-refractivity contribution in [3.63, 3.8) is 0 Å². The lowest BCUT2D eigenvalue weighted by molar-refractivity contribution is 0.482. The number of fused-ring (bicyclic) bond motifs is 2. The van der Waals surface area contributed by atoms with Gasteiger partial charge in [-0.05, 0) is 31.1 Å². The van der Waals surface area contributed by atoms with E-state index >= 15 is 0 Å². The maximum absolute atomic E-state index is 10.9. The molecule has 0 saturated heterocycles. The zero-order chi connectivity index (χ0) is 7.14. The lowest BCUT2D eigenvalue weighted by Gasteiger charge is -2.17. The SMILES string of the molecule is NS(=O)C1CC2CCC1C2. The Bertz CT molecular complexity index is 171. The molecule has 58 valence electrons. The van der Waals surface area contributed by atoms with Gasteiger partial charge in [0.15, 0.2) is 0 Å². The van der Waals surface area contributed by atoms with E-state index in [1.165, 1.54) is 19.3 Å². The molecule has 2 nitrogen and oxygen atoms in total. The average Bonchev–Trinajstić information content (AvgIpc) is 2.44. The van der Waals surface area contributed by atoms with Crippen LogP contribution in [0.3, 0.4) is 0 Å². The fourth-order valence-electron chi connectivity index (χ4n) is 2.47. The molecule has 0 aliphatic heterocycles. The van der Waals surface area contributed by atoms with Gasteiger partial charge in [-0.15, -0.1) is 0 Å². The maximum Gasteiger partial charge on any atom is 0.0922 e. The van der Waals surface area contributed by atoms with E-state index in [2.05, 4.69) is 0 Å². The minimum absolute atomic E-state index is 0.346. The zero-order valence-corrected chi connectivity index (χ0v) is 6.77. The van der Waals surface area contributed by atoms with E-state index in [1.807, 2.05) is 0 Å². The number of rotatable bonds is 1. The summed E-state index contributed by atoms with van der Waals surface area (Å²) in [6, 6.07) is 0. The Labute approximate surface area is 63.8 Å². The number of nitrogens with two attached hydrogens (primary N) is 1. The van der Waals surface area contributed by atoms with E-state index in [9.17, 15) is 4.21 Å². The van der Waals surface area contributed by atoms with E-state index in [0.717, 1.165) is 12.3 Å². The normalized spacial score (nSPS) is 47.9. The van der Waals surface area contributed by atoms with Crippen LogP contribution in [0, 0.1) is 11.8 Å². The van der Waals surface area contributed by atoms with E-state index in [4.69, 9.17) is 5.14 Å². The van der Waals surface area contributed by atoms with Crippen molar-refractivity contribution in [2.75, 3.05) is 0 Å². The summed E-state index contributed by atoms with van der Waals surface area (Å²) >= 11 is 0. The summed E-state index contributed by atoms with van der Waals surface area (Å²) in [5, 5.41) is 5.70. The van der Waals surface area contributed by atoms with Gasteiger partial charge in [-0.2, -0.15) is 0 Å². The van der Waals surface area contributed by atoms with Crippen LogP contribution in [0.5, 0.6) is 0 Å². The van der Waals surface area contributed by atoms with Crippen LogP contribution < -0.4 is 5.14 Å². The summed E-state index contributed by atoms with van der Waals surface area (Å²) in [6.07, 6.45) is 5.07. The van der Waals surface area contributed by atoms with Gasteiger partial charge in [0.05, 0.1) is 16.2 Å². The number of hydrogen-bond acceptors (Lipinski definition) is 1. The molecule has 2 bridgehead atoms. The summed E-state index contributed by atoms with van der Waals surface area (Å²) < 4.78 is 10.9. The van der Waals surface area contributed by atoms with Crippen LogP contribution >= 0.6 is 0 Å². The third-order valence-corrected chi connectivity index (χ3v) is 4.15. The van der Waals surface area contributed by atoms with Crippen molar-refractivity contribution >= 4 is 11.0 Å². The predicted molar refractivity (Wildman–Crippen MR) is 41.6 cm³/mol. The second-order valence-corrected chi connectivity index (χ2v) is 4.80. The Kier molecular flexibility index (Phi) is 1.57. The molecule has 4 unspecified atom stereocenters. The quantitative estimate of drug-likeness (QED) is 0.604. The van der Waals surface area contributed by atoms with Gasteiger partial charge in [0.2, 0.25) is 0 Å². The van der Waals surface area contributed by atoms with Crippen LogP contribution in [0.25, 0.3) is 0 Å². The van der Waals surface area contributed by atoms with Crippen LogP contribution in [0.1, 0.15) is 25.7 Å². The van der Waals surface area contributed by atoms with Gasteiger partial charge in [0.25, 0.3) is 0 Å². The van der Waals surface area contributed by atoms with Gasteiger partial charge >= 0.3 is 0 Å². The van der Waals surface area contributed by atoms with Crippen LogP contribution in [-0.4, -0.2) is 9.46 Å². The van der Waals surface area contributed by atoms with Crippen molar-refractivity contribution < 1.29 is 4.21 Å². The van der Waals surface area contributed by atoms with E-state index in [1.54, 1.807) is 0 Å². The molecule has 3 heteroatoms. The largest absolute Gasteiger partial charge is 0.252 e. The van der Waals surface area contributed by atoms with Crippen molar-refractivity contribution in [1.82, 2.24) is 0 Å². The Balaban J connectivity index is 2.08. The van der Waals surface area contributed by atoms with Gasteiger partial charge in [-0.25, -0.2) is 4.21 Å². The van der Waals surface area contributed by atoms with Gasteiger partial charge in [0, 0.05) is 0 Å². The topological polar surface area (TPSA) is 43.1 Å². The minimum atomic E-state index is -1.04. The molecule has 0 radical (unpaired) electrons. The molecule has 2 aliphatic carbocycles. The third-order valence-electron chi connectivity index (χ3n) is 2.97. The summed E-state index contributed by atoms with van der Waals surface area (Å²) in [7, 11) is -1.04. The third kappa shape index (κ3) is 0.920. The van der Waals surface area contributed by atoms with Gasteiger partial charge in [0.1, 0.15) is 0 Å². The highest BCUT2D eigenvalue weighted by Gasteiger charge is 2.41. The van der Waals surface area contributed by atoms with Gasteiger partial charge in [-0.1, -0.05) is 6.42 Å². The Morgan fingerprint density at radius 2 is 2.10 bits per heavy atom. The zero-order valence-electron chi connectivity index (χ0n) is 5.95. The van der Waals surface area contributed by atoms with Crippen molar-refractivity contribution in [3.8, 4) is 0 Å². The average molecular weight is 159 g/mol. The lowest BCUT2D eigenvalue weighted by atomic mass is 10.0. The van der Waals surface area contributed by atoms with Crippen molar-refractivity contribution in [3.05, 3.63) is 0 Å². The summed E-state index contributed by atoms with van der Waals surface area (Å²) in [5.74, 6) is 1.57. The number of hydrogen-bond donors (Lipinski definition) is 1. The fraction of sp³-hybridized carbons (Fsp3) is 1.00. The molecule has 2 aliphatic rings. The molecule has 4 atom stereocenters. The second-order valence-electron chi connectivity index (χ2n) is 3.54. The smallest absolute Gasteiger partial charge is 0.0922 e. The first-order valence-electron chi connectivity index (χ1n) is 3.92. The molecule has 0 heterocycles. The summed E-state index contributed by atoms with van der Waals surface area (Å²) in [5.41, 5.74) is 0. The summed E-state index contributed by atoms with van der Waals surface area (Å²) in [4.78, 5) is 0. The predicted octanol–water partition coefficient (Wildman–Crippen LogP) is 0.797. The van der Waals surface area contributed by atoms with E-state index < -0.39 is 11.0 Å². The van der Waals surface area contributed by atoms with Crippen LogP contribution in [0.4, 0.5) is 0 Å². The van der Waals surface area contributed by atoms with E-state index in [0.29, 0.717) is 11.2 Å². The van der Waals surface area contributed by atoms with Crippen LogP contribution in [0.2, 0.25) is 0 Å². The molecular weight excluding hydrogens is 146 g/mol. The van der Waals surface area contributed by atoms with Crippen LogP contribution in [0.15, 0.2) is 0 Å². The van der Waals surface area contributed by atoms with Crippen molar-refractivity contribution in [2.45, 2.75) is 30.9 Å². The molecule has 10 heavy (non-hydrogen) atoms.